The Hall–Kier alpha value is -5.42. The molecule has 0 aliphatic carbocycles. The second kappa shape index (κ2) is 10.1. The van der Waals surface area contributed by atoms with Crippen molar-refractivity contribution in [1.29, 1.82) is 10.5 Å². The lowest BCUT2D eigenvalue weighted by Crippen LogP contribution is -2.45. The number of carbonyl (C=O) groups excluding carboxylic acids is 4. The standard InChI is InChI=1S/C34H26N6O4/c1-3-9-37-15-39-31(41)21-7-5-19-26-18(14-36)12-24-28-22(32(42)40(34(24)44)16-38-10-4-2)8-6-20(30(26)28)25-17(13-35)11-23(33(39)43)27(21)29(19)25/h5-8,11-12,37-38H,3-4,9-10,15-16H2,1-2H3. The Morgan fingerprint density at radius 1 is 0.568 bits per heavy atom. The van der Waals surface area contributed by atoms with Crippen molar-refractivity contribution in [2.75, 3.05) is 26.4 Å². The van der Waals surface area contributed by atoms with Crippen molar-refractivity contribution in [3.63, 3.8) is 0 Å². The molecule has 0 aromatic heterocycles. The molecule has 0 radical (unpaired) electrons. The molecular formula is C34H26N6O4. The molecular weight excluding hydrogens is 556 g/mol. The van der Waals surface area contributed by atoms with Crippen LogP contribution in [0.5, 0.6) is 0 Å². The van der Waals surface area contributed by atoms with Crippen LogP contribution in [0.25, 0.3) is 43.1 Å². The average Bonchev–Trinajstić information content (AvgIpc) is 3.04. The Kier molecular flexibility index (Phi) is 6.29. The fourth-order valence-electron chi connectivity index (χ4n) is 6.77. The summed E-state index contributed by atoms with van der Waals surface area (Å²) in [6.45, 7) is 5.30. The number of nitrogens with zero attached hydrogens (tertiary/aromatic N) is 4. The van der Waals surface area contributed by atoms with Gasteiger partial charge in [-0.25, -0.2) is 0 Å². The molecule has 2 heterocycles. The summed E-state index contributed by atoms with van der Waals surface area (Å²) in [5, 5.41) is 31.0. The van der Waals surface area contributed by atoms with Gasteiger partial charge in [0.25, 0.3) is 23.6 Å². The van der Waals surface area contributed by atoms with Gasteiger partial charge < -0.3 is 0 Å². The molecule has 0 bridgehead atoms. The first-order valence-electron chi connectivity index (χ1n) is 14.6. The molecule has 5 aromatic rings. The molecule has 10 heteroatoms. The molecule has 0 spiro atoms. The highest BCUT2D eigenvalue weighted by Crippen LogP contribution is 2.48. The largest absolute Gasteiger partial charge is 0.299 e. The van der Waals surface area contributed by atoms with Crippen molar-refractivity contribution in [2.45, 2.75) is 26.7 Å². The van der Waals surface area contributed by atoms with E-state index in [2.05, 4.69) is 22.8 Å². The maximum atomic E-state index is 13.7. The van der Waals surface area contributed by atoms with E-state index in [0.29, 0.717) is 67.3 Å². The zero-order valence-electron chi connectivity index (χ0n) is 24.1. The van der Waals surface area contributed by atoms with E-state index in [-0.39, 0.29) is 35.6 Å². The van der Waals surface area contributed by atoms with Crippen molar-refractivity contribution in [2.24, 2.45) is 0 Å². The third-order valence-electron chi connectivity index (χ3n) is 8.64. The summed E-state index contributed by atoms with van der Waals surface area (Å²) in [5.74, 6) is -1.90. The molecule has 0 unspecified atom stereocenters. The van der Waals surface area contributed by atoms with Gasteiger partial charge in [-0.3, -0.25) is 39.6 Å². The lowest BCUT2D eigenvalue weighted by atomic mass is 9.79. The average molecular weight is 583 g/mol. The molecule has 0 saturated carbocycles. The summed E-state index contributed by atoms with van der Waals surface area (Å²) >= 11 is 0. The van der Waals surface area contributed by atoms with Crippen LogP contribution in [-0.4, -0.2) is 59.9 Å². The number of carbonyl (C=O) groups is 4. The molecule has 2 N–H and O–H groups in total. The van der Waals surface area contributed by atoms with Gasteiger partial charge in [0.1, 0.15) is 0 Å². The van der Waals surface area contributed by atoms with Gasteiger partial charge in [-0.05, 0) is 61.0 Å². The number of fused-ring (bicyclic) bond motifs is 2. The predicted octanol–water partition coefficient (Wildman–Crippen LogP) is 4.59. The first-order chi connectivity index (χ1) is 21.4. The lowest BCUT2D eigenvalue weighted by molar-refractivity contribution is 0.0582. The van der Waals surface area contributed by atoms with E-state index in [1.165, 1.54) is 12.1 Å². The maximum absolute atomic E-state index is 13.7. The lowest BCUT2D eigenvalue weighted by Gasteiger charge is -2.30. The normalized spacial score (nSPS) is 14.5. The van der Waals surface area contributed by atoms with Crippen LogP contribution in [0.15, 0.2) is 36.4 Å². The minimum atomic E-state index is -0.504. The smallest absolute Gasteiger partial charge is 0.262 e. The van der Waals surface area contributed by atoms with E-state index in [0.717, 1.165) is 22.6 Å². The first kappa shape index (κ1) is 27.4. The van der Waals surface area contributed by atoms with Gasteiger partial charge in [-0.2, -0.15) is 10.5 Å². The quantitative estimate of drug-likeness (QED) is 0.117. The molecule has 4 amide bonds. The minimum absolute atomic E-state index is 0.0388. The van der Waals surface area contributed by atoms with Crippen LogP contribution in [0.3, 0.4) is 0 Å². The Balaban J connectivity index is 1.59. The third kappa shape index (κ3) is 3.53. The zero-order chi connectivity index (χ0) is 30.9. The number of rotatable bonds is 8. The van der Waals surface area contributed by atoms with E-state index in [1.807, 2.05) is 13.8 Å². The van der Waals surface area contributed by atoms with Gasteiger partial charge in [0.2, 0.25) is 0 Å². The number of hydrogen-bond donors (Lipinski definition) is 2. The van der Waals surface area contributed by atoms with Crippen molar-refractivity contribution in [1.82, 2.24) is 20.4 Å². The van der Waals surface area contributed by atoms with E-state index < -0.39 is 23.6 Å². The van der Waals surface area contributed by atoms with Crippen molar-refractivity contribution in [3.05, 3.63) is 69.8 Å². The van der Waals surface area contributed by atoms with Crippen LogP contribution in [0.4, 0.5) is 0 Å². The highest BCUT2D eigenvalue weighted by molar-refractivity contribution is 6.42. The molecule has 44 heavy (non-hydrogen) atoms. The number of hydrogen-bond acceptors (Lipinski definition) is 8. The minimum Gasteiger partial charge on any atom is -0.299 e. The first-order valence-corrected chi connectivity index (χ1v) is 14.6. The van der Waals surface area contributed by atoms with Gasteiger partial charge in [0, 0.05) is 43.4 Å². The SMILES string of the molecule is CCCNCN1C(=O)c2ccc3c4c(C#N)cc5c6c(ccc(c7c(C#N)cc(c2c37)C1=O)c64)C(=O)N(CNCCC)C5=O. The Bertz CT molecular complexity index is 2070. The van der Waals surface area contributed by atoms with E-state index in [9.17, 15) is 29.7 Å². The van der Waals surface area contributed by atoms with E-state index in [4.69, 9.17) is 0 Å². The number of nitrogens with one attached hydrogen (secondary N) is 2. The third-order valence-corrected chi connectivity index (χ3v) is 8.64. The van der Waals surface area contributed by atoms with Crippen LogP contribution in [0.2, 0.25) is 0 Å². The molecule has 2 aliphatic heterocycles. The summed E-state index contributed by atoms with van der Waals surface area (Å²) in [6, 6.07) is 14.3. The Morgan fingerprint density at radius 2 is 0.955 bits per heavy atom. The van der Waals surface area contributed by atoms with E-state index in [1.54, 1.807) is 24.3 Å². The summed E-state index contributed by atoms with van der Waals surface area (Å²) in [4.78, 5) is 57.0. The molecule has 0 atom stereocenters. The number of imide groups is 2. The van der Waals surface area contributed by atoms with Crippen molar-refractivity contribution >= 4 is 66.7 Å². The molecule has 10 nitrogen and oxygen atoms in total. The van der Waals surface area contributed by atoms with Gasteiger partial charge in [-0.15, -0.1) is 0 Å². The summed E-state index contributed by atoms with van der Waals surface area (Å²) in [7, 11) is 0. The van der Waals surface area contributed by atoms with Crippen molar-refractivity contribution in [3.8, 4) is 12.1 Å². The highest BCUT2D eigenvalue weighted by atomic mass is 16.2. The van der Waals surface area contributed by atoms with Gasteiger partial charge in [0.05, 0.1) is 47.7 Å². The molecule has 2 aliphatic rings. The summed E-state index contributed by atoms with van der Waals surface area (Å²) < 4.78 is 0. The zero-order valence-corrected chi connectivity index (χ0v) is 24.1. The van der Waals surface area contributed by atoms with Crippen LogP contribution >= 0.6 is 0 Å². The number of benzene rings is 5. The molecule has 5 aromatic carbocycles. The van der Waals surface area contributed by atoms with Crippen LogP contribution in [0, 0.1) is 22.7 Å². The monoisotopic (exact) mass is 582 g/mol. The predicted molar refractivity (Wildman–Crippen MR) is 164 cm³/mol. The Morgan fingerprint density at radius 3 is 1.32 bits per heavy atom. The second-order valence-corrected chi connectivity index (χ2v) is 11.1. The van der Waals surface area contributed by atoms with Gasteiger partial charge >= 0.3 is 0 Å². The summed E-state index contributed by atoms with van der Waals surface area (Å²) in [5.41, 5.74) is 1.58. The van der Waals surface area contributed by atoms with Gasteiger partial charge in [0.15, 0.2) is 0 Å². The van der Waals surface area contributed by atoms with Crippen LogP contribution < -0.4 is 10.6 Å². The van der Waals surface area contributed by atoms with E-state index >= 15 is 0 Å². The molecule has 7 rings (SSSR count). The Labute approximate surface area is 251 Å². The van der Waals surface area contributed by atoms with Crippen molar-refractivity contribution < 1.29 is 19.2 Å². The topological polar surface area (TPSA) is 146 Å². The molecule has 0 fully saturated rings. The molecule has 0 saturated heterocycles. The van der Waals surface area contributed by atoms with Crippen LogP contribution in [0.1, 0.15) is 79.2 Å². The van der Waals surface area contributed by atoms with Crippen LogP contribution in [-0.2, 0) is 0 Å². The van der Waals surface area contributed by atoms with Gasteiger partial charge in [-0.1, -0.05) is 26.0 Å². The highest BCUT2D eigenvalue weighted by Gasteiger charge is 2.38. The molecule has 216 valence electrons. The fraction of sp³-hybridized carbons (Fsp3) is 0.235. The maximum Gasteiger partial charge on any atom is 0.262 e. The second-order valence-electron chi connectivity index (χ2n) is 11.1. The number of amides is 4. The summed E-state index contributed by atoms with van der Waals surface area (Å²) in [6.07, 6.45) is 1.66. The number of nitriles is 2. The fourth-order valence-corrected chi connectivity index (χ4v) is 6.77.